The highest BCUT2D eigenvalue weighted by atomic mass is 16.5. The van der Waals surface area contributed by atoms with E-state index in [1.165, 1.54) is 26.4 Å². The molecule has 118 valence electrons. The number of nitrogens with one attached hydrogen (secondary N) is 1. The summed E-state index contributed by atoms with van der Waals surface area (Å²) in [5.41, 5.74) is 0.489. The largest absolute Gasteiger partial charge is 0.493 e. The quantitative estimate of drug-likeness (QED) is 0.908. The maximum absolute atomic E-state index is 12.2. The highest BCUT2D eigenvalue weighted by molar-refractivity contribution is 5.81. The number of rotatable bonds is 5. The number of benzene rings is 1. The first kappa shape index (κ1) is 16.2. The third kappa shape index (κ3) is 4.14. The van der Waals surface area contributed by atoms with Crippen molar-refractivity contribution in [3.8, 4) is 17.6 Å². The van der Waals surface area contributed by atoms with Crippen molar-refractivity contribution in [1.82, 2.24) is 5.32 Å². The van der Waals surface area contributed by atoms with Crippen LogP contribution < -0.4 is 14.8 Å². The van der Waals surface area contributed by atoms with E-state index >= 15 is 0 Å². The molecule has 0 aromatic heterocycles. The smallest absolute Gasteiger partial charge is 0.260 e. The second kappa shape index (κ2) is 7.69. The molecule has 0 unspecified atom stereocenters. The fourth-order valence-corrected chi connectivity index (χ4v) is 2.64. The van der Waals surface area contributed by atoms with Crippen LogP contribution in [0.3, 0.4) is 0 Å². The van der Waals surface area contributed by atoms with Crippen LogP contribution in [0.4, 0.5) is 0 Å². The fraction of sp³-hybridized carbons (Fsp3) is 0.529. The third-order valence-corrected chi connectivity index (χ3v) is 3.92. The van der Waals surface area contributed by atoms with Crippen molar-refractivity contribution in [1.29, 1.82) is 5.26 Å². The Morgan fingerprint density at radius 1 is 1.32 bits per heavy atom. The van der Waals surface area contributed by atoms with Gasteiger partial charge in [-0.05, 0) is 31.9 Å². The normalized spacial score (nSPS) is 16.4. The van der Waals surface area contributed by atoms with Crippen LogP contribution in [0, 0.1) is 11.3 Å². The monoisotopic (exact) mass is 302 g/mol. The Morgan fingerprint density at radius 3 is 2.68 bits per heavy atom. The number of nitrogens with zero attached hydrogens (tertiary/aromatic N) is 1. The molecule has 2 rings (SSSR count). The van der Waals surface area contributed by atoms with Gasteiger partial charge in [0.1, 0.15) is 0 Å². The molecule has 0 bridgehead atoms. The first-order valence-corrected chi connectivity index (χ1v) is 7.69. The maximum Gasteiger partial charge on any atom is 0.260 e. The summed E-state index contributed by atoms with van der Waals surface area (Å²) in [5.74, 6) is 0.808. The van der Waals surface area contributed by atoms with Gasteiger partial charge in [0, 0.05) is 12.1 Å². The van der Waals surface area contributed by atoms with Gasteiger partial charge in [0.05, 0.1) is 18.7 Å². The molecule has 0 radical (unpaired) electrons. The molecule has 1 amide bonds. The first-order chi connectivity index (χ1) is 10.6. The second-order valence-electron chi connectivity index (χ2n) is 5.58. The van der Waals surface area contributed by atoms with Crippen LogP contribution in [0.25, 0.3) is 0 Å². The predicted octanol–water partition coefficient (Wildman–Crippen LogP) is 2.78. The number of hydrogen-bond acceptors (Lipinski definition) is 4. The van der Waals surface area contributed by atoms with Crippen LogP contribution in [-0.2, 0) is 4.79 Å². The molecule has 1 N–H and O–H groups in total. The summed E-state index contributed by atoms with van der Waals surface area (Å²) in [6.45, 7) is 1.72. The second-order valence-corrected chi connectivity index (χ2v) is 5.58. The Labute approximate surface area is 131 Å². The van der Waals surface area contributed by atoms with Gasteiger partial charge in [0.25, 0.3) is 5.91 Å². The number of nitriles is 1. The lowest BCUT2D eigenvalue weighted by Crippen LogP contribution is -2.43. The molecule has 1 saturated carbocycles. The van der Waals surface area contributed by atoms with Crippen molar-refractivity contribution < 1.29 is 14.3 Å². The third-order valence-electron chi connectivity index (χ3n) is 3.92. The molecule has 1 fully saturated rings. The SMILES string of the molecule is COc1cc(C#N)ccc1O[C@H](C)C(=O)NC1CCCCC1. The molecule has 5 nitrogen and oxygen atoms in total. The number of carbonyl (C=O) groups excluding carboxylic acids is 1. The minimum atomic E-state index is -0.608. The molecule has 1 atom stereocenters. The van der Waals surface area contributed by atoms with Crippen molar-refractivity contribution in [3.05, 3.63) is 23.8 Å². The maximum atomic E-state index is 12.2. The molecular weight excluding hydrogens is 280 g/mol. The molecule has 0 aliphatic heterocycles. The Morgan fingerprint density at radius 2 is 2.05 bits per heavy atom. The van der Waals surface area contributed by atoms with Crippen molar-refractivity contribution in [3.63, 3.8) is 0 Å². The number of ether oxygens (including phenoxy) is 2. The average molecular weight is 302 g/mol. The van der Waals surface area contributed by atoms with Crippen LogP contribution in [0.15, 0.2) is 18.2 Å². The fourth-order valence-electron chi connectivity index (χ4n) is 2.64. The van der Waals surface area contributed by atoms with Gasteiger partial charge in [-0.25, -0.2) is 0 Å². The van der Waals surface area contributed by atoms with Gasteiger partial charge in [-0.2, -0.15) is 5.26 Å². The van der Waals surface area contributed by atoms with Gasteiger partial charge in [-0.3, -0.25) is 4.79 Å². The Bertz CT molecular complexity index is 560. The van der Waals surface area contributed by atoms with Crippen LogP contribution in [0.1, 0.15) is 44.6 Å². The van der Waals surface area contributed by atoms with Crippen molar-refractivity contribution in [2.75, 3.05) is 7.11 Å². The van der Waals surface area contributed by atoms with Gasteiger partial charge in [0.15, 0.2) is 17.6 Å². The van der Waals surface area contributed by atoms with Crippen molar-refractivity contribution in [2.45, 2.75) is 51.2 Å². The van der Waals surface area contributed by atoms with E-state index in [4.69, 9.17) is 14.7 Å². The summed E-state index contributed by atoms with van der Waals surface area (Å²) in [5, 5.41) is 11.9. The molecule has 0 saturated heterocycles. The standard InChI is InChI=1S/C17H22N2O3/c1-12(17(20)19-14-6-4-3-5-7-14)22-15-9-8-13(11-18)10-16(15)21-2/h8-10,12,14H,3-7H2,1-2H3,(H,19,20)/t12-/m1/s1. The molecule has 1 aliphatic carbocycles. The Hall–Kier alpha value is -2.22. The molecule has 1 aromatic rings. The molecule has 0 heterocycles. The predicted molar refractivity (Wildman–Crippen MR) is 82.8 cm³/mol. The van der Waals surface area contributed by atoms with E-state index in [0.717, 1.165) is 12.8 Å². The molecule has 0 spiro atoms. The molecule has 1 aromatic carbocycles. The summed E-state index contributed by atoms with van der Waals surface area (Å²) in [4.78, 5) is 12.2. The van der Waals surface area contributed by atoms with E-state index in [-0.39, 0.29) is 11.9 Å². The van der Waals surface area contributed by atoms with Crippen LogP contribution in [-0.4, -0.2) is 25.2 Å². The summed E-state index contributed by atoms with van der Waals surface area (Å²) in [7, 11) is 1.51. The molecule has 5 heteroatoms. The van der Waals surface area contributed by atoms with E-state index in [2.05, 4.69) is 5.32 Å². The van der Waals surface area contributed by atoms with Crippen molar-refractivity contribution >= 4 is 5.91 Å². The average Bonchev–Trinajstić information content (AvgIpc) is 2.56. The van der Waals surface area contributed by atoms with Gasteiger partial charge >= 0.3 is 0 Å². The lowest BCUT2D eigenvalue weighted by Gasteiger charge is -2.25. The summed E-state index contributed by atoms with van der Waals surface area (Å²) in [6.07, 6.45) is 5.06. The van der Waals surface area contributed by atoms with E-state index in [1.807, 2.05) is 6.07 Å². The Balaban J connectivity index is 1.97. The highest BCUT2D eigenvalue weighted by Crippen LogP contribution is 2.28. The minimum Gasteiger partial charge on any atom is -0.493 e. The van der Waals surface area contributed by atoms with E-state index in [0.29, 0.717) is 17.1 Å². The van der Waals surface area contributed by atoms with E-state index in [9.17, 15) is 4.79 Å². The van der Waals surface area contributed by atoms with Crippen molar-refractivity contribution in [2.24, 2.45) is 0 Å². The molecular formula is C17H22N2O3. The van der Waals surface area contributed by atoms with Gasteiger partial charge in [-0.15, -0.1) is 0 Å². The zero-order valence-electron chi connectivity index (χ0n) is 13.1. The first-order valence-electron chi connectivity index (χ1n) is 7.69. The lowest BCUT2D eigenvalue weighted by atomic mass is 9.95. The number of methoxy groups -OCH3 is 1. The van der Waals surface area contributed by atoms with Gasteiger partial charge < -0.3 is 14.8 Å². The van der Waals surface area contributed by atoms with E-state index in [1.54, 1.807) is 25.1 Å². The number of amides is 1. The zero-order chi connectivity index (χ0) is 15.9. The van der Waals surface area contributed by atoms with Crippen LogP contribution >= 0.6 is 0 Å². The summed E-state index contributed by atoms with van der Waals surface area (Å²) < 4.78 is 10.9. The number of hydrogen-bond donors (Lipinski definition) is 1. The van der Waals surface area contributed by atoms with Crippen LogP contribution in [0.2, 0.25) is 0 Å². The molecule has 1 aliphatic rings. The summed E-state index contributed by atoms with van der Waals surface area (Å²) >= 11 is 0. The van der Waals surface area contributed by atoms with Gasteiger partial charge in [0.2, 0.25) is 0 Å². The zero-order valence-corrected chi connectivity index (χ0v) is 13.1. The van der Waals surface area contributed by atoms with Crippen LogP contribution in [0.5, 0.6) is 11.5 Å². The topological polar surface area (TPSA) is 71.3 Å². The summed E-state index contributed by atoms with van der Waals surface area (Å²) in [6, 6.07) is 7.20. The highest BCUT2D eigenvalue weighted by Gasteiger charge is 2.21. The minimum absolute atomic E-state index is 0.113. The number of carbonyl (C=O) groups is 1. The van der Waals surface area contributed by atoms with E-state index < -0.39 is 6.10 Å². The molecule has 22 heavy (non-hydrogen) atoms. The van der Waals surface area contributed by atoms with Gasteiger partial charge in [-0.1, -0.05) is 19.3 Å². The lowest BCUT2D eigenvalue weighted by molar-refractivity contribution is -0.128. The Kier molecular flexibility index (Phi) is 5.65.